The number of rotatable bonds is 3. The molecule has 0 amide bonds. The number of fused-ring (bicyclic) bond motifs is 1. The lowest BCUT2D eigenvalue weighted by molar-refractivity contribution is -0.0505. The monoisotopic (exact) mass is 364 g/mol. The van der Waals surface area contributed by atoms with Crippen LogP contribution in [0.3, 0.4) is 0 Å². The number of nitrogens with two attached hydrogens (primary N) is 1. The van der Waals surface area contributed by atoms with Gasteiger partial charge in [0, 0.05) is 13.1 Å². The first-order valence-electron chi connectivity index (χ1n) is 8.87. The second-order valence-corrected chi connectivity index (χ2v) is 7.11. The Morgan fingerprint density at radius 3 is 2.62 bits per heavy atom. The summed E-state index contributed by atoms with van der Waals surface area (Å²) in [5.41, 5.74) is 6.83. The predicted molar refractivity (Wildman–Crippen MR) is 93.4 cm³/mol. The van der Waals surface area contributed by atoms with E-state index < -0.39 is 31.1 Å². The van der Waals surface area contributed by atoms with Gasteiger partial charge in [0.05, 0.1) is 6.61 Å². The van der Waals surface area contributed by atoms with Crippen LogP contribution >= 0.6 is 0 Å². The normalized spacial score (nSPS) is 30.4. The molecule has 26 heavy (non-hydrogen) atoms. The van der Waals surface area contributed by atoms with Crippen molar-refractivity contribution in [1.29, 1.82) is 0 Å². The highest BCUT2D eigenvalue weighted by Crippen LogP contribution is 2.37. The second-order valence-electron chi connectivity index (χ2n) is 7.11. The lowest BCUT2D eigenvalue weighted by Crippen LogP contribution is -2.37. The average Bonchev–Trinajstić information content (AvgIpc) is 3.15. The van der Waals surface area contributed by atoms with Crippen molar-refractivity contribution in [3.05, 3.63) is 6.33 Å². The van der Waals surface area contributed by atoms with Crippen molar-refractivity contribution >= 4 is 22.9 Å². The molecule has 4 rings (SSSR count). The molecular weight excluding hydrogens is 340 g/mol. The standard InChI is InChI=1S/C16H24N6O4/c1-8-2-4-21(5-3-8)16-20-10-13(17)18-7-19-14(10)22(16)15-12(25)11(24)9(6-23)26-15/h7-9,11-12,15,23-25H,2-6H2,1H3,(H2,17,18,19)/t9-,11-,12-,15-/m0/s1. The van der Waals surface area contributed by atoms with E-state index in [1.165, 1.54) is 6.33 Å². The number of aliphatic hydroxyl groups excluding tert-OH is 3. The molecule has 4 heterocycles. The van der Waals surface area contributed by atoms with Gasteiger partial charge in [-0.15, -0.1) is 0 Å². The molecule has 0 aromatic carbocycles. The van der Waals surface area contributed by atoms with E-state index in [1.807, 2.05) is 0 Å². The summed E-state index contributed by atoms with van der Waals surface area (Å²) in [5.74, 6) is 1.46. The van der Waals surface area contributed by atoms with E-state index in [0.29, 0.717) is 23.0 Å². The maximum absolute atomic E-state index is 10.5. The van der Waals surface area contributed by atoms with Crippen LogP contribution in [-0.2, 0) is 4.74 Å². The van der Waals surface area contributed by atoms with Gasteiger partial charge >= 0.3 is 0 Å². The van der Waals surface area contributed by atoms with E-state index in [-0.39, 0.29) is 5.82 Å². The first-order valence-corrected chi connectivity index (χ1v) is 8.87. The van der Waals surface area contributed by atoms with E-state index >= 15 is 0 Å². The van der Waals surface area contributed by atoms with Gasteiger partial charge in [-0.05, 0) is 18.8 Å². The molecule has 0 spiro atoms. The highest BCUT2D eigenvalue weighted by Gasteiger charge is 2.45. The van der Waals surface area contributed by atoms with Crippen LogP contribution in [0.1, 0.15) is 26.0 Å². The Hall–Kier alpha value is -2.01. The zero-order valence-electron chi connectivity index (χ0n) is 14.6. The van der Waals surface area contributed by atoms with Crippen LogP contribution in [0.25, 0.3) is 11.2 Å². The van der Waals surface area contributed by atoms with E-state index in [1.54, 1.807) is 4.57 Å². The SMILES string of the molecule is CC1CCN(c2nc3c(N)ncnc3n2[C@H]2O[C@@H](CO)[C@H](O)[C@@H]2O)CC1. The fourth-order valence-corrected chi connectivity index (χ4v) is 3.67. The van der Waals surface area contributed by atoms with Crippen molar-refractivity contribution in [3.63, 3.8) is 0 Å². The number of piperidine rings is 1. The van der Waals surface area contributed by atoms with Crippen LogP contribution in [0.2, 0.25) is 0 Å². The summed E-state index contributed by atoms with van der Waals surface area (Å²) in [5, 5.41) is 30.0. The van der Waals surface area contributed by atoms with Crippen LogP contribution < -0.4 is 10.6 Å². The third-order valence-electron chi connectivity index (χ3n) is 5.32. The number of nitrogens with zero attached hydrogens (tertiary/aromatic N) is 5. The van der Waals surface area contributed by atoms with Gasteiger partial charge in [0.15, 0.2) is 23.2 Å². The molecule has 10 heteroatoms. The van der Waals surface area contributed by atoms with Gasteiger partial charge in [0.25, 0.3) is 0 Å². The molecule has 0 bridgehead atoms. The zero-order chi connectivity index (χ0) is 18.4. The van der Waals surface area contributed by atoms with E-state index in [0.717, 1.165) is 25.9 Å². The Morgan fingerprint density at radius 1 is 1.23 bits per heavy atom. The topological polar surface area (TPSA) is 143 Å². The molecule has 142 valence electrons. The molecule has 10 nitrogen and oxygen atoms in total. The quantitative estimate of drug-likeness (QED) is 0.553. The first kappa shape index (κ1) is 17.4. The minimum atomic E-state index is -1.22. The molecule has 0 unspecified atom stereocenters. The predicted octanol–water partition coefficient (Wildman–Crippen LogP) is -0.744. The Kier molecular flexibility index (Phi) is 4.43. The Morgan fingerprint density at radius 2 is 1.96 bits per heavy atom. The van der Waals surface area contributed by atoms with Crippen LogP contribution in [0.4, 0.5) is 11.8 Å². The smallest absolute Gasteiger partial charge is 0.210 e. The van der Waals surface area contributed by atoms with Crippen LogP contribution in [0, 0.1) is 5.92 Å². The summed E-state index contributed by atoms with van der Waals surface area (Å²) in [6.45, 7) is 3.45. The first-order chi connectivity index (χ1) is 12.5. The molecule has 0 aliphatic carbocycles. The van der Waals surface area contributed by atoms with Gasteiger partial charge in [-0.2, -0.15) is 0 Å². The number of ether oxygens (including phenoxy) is 1. The summed E-state index contributed by atoms with van der Waals surface area (Å²) in [4.78, 5) is 15.0. The summed E-state index contributed by atoms with van der Waals surface area (Å²) < 4.78 is 7.38. The van der Waals surface area contributed by atoms with Crippen LogP contribution in [0.5, 0.6) is 0 Å². The number of anilines is 2. The summed E-state index contributed by atoms with van der Waals surface area (Å²) in [6.07, 6.45) is -0.824. The van der Waals surface area contributed by atoms with Gasteiger partial charge in [-0.1, -0.05) is 6.92 Å². The number of hydrogen-bond donors (Lipinski definition) is 4. The summed E-state index contributed by atoms with van der Waals surface area (Å²) in [7, 11) is 0. The maximum atomic E-state index is 10.5. The average molecular weight is 364 g/mol. The molecule has 2 fully saturated rings. The van der Waals surface area contributed by atoms with Crippen molar-refractivity contribution in [2.24, 2.45) is 5.92 Å². The van der Waals surface area contributed by atoms with Gasteiger partial charge in [-0.3, -0.25) is 4.57 Å². The Labute approximate surface area is 150 Å². The molecule has 2 aromatic heterocycles. The fourth-order valence-electron chi connectivity index (χ4n) is 3.67. The third kappa shape index (κ3) is 2.69. The largest absolute Gasteiger partial charge is 0.394 e. The molecule has 0 radical (unpaired) electrons. The molecule has 4 atom stereocenters. The van der Waals surface area contributed by atoms with E-state index in [4.69, 9.17) is 10.5 Å². The molecule has 0 saturated carbocycles. The lowest BCUT2D eigenvalue weighted by Gasteiger charge is -2.32. The summed E-state index contributed by atoms with van der Waals surface area (Å²) >= 11 is 0. The van der Waals surface area contributed by atoms with Gasteiger partial charge in [0.1, 0.15) is 24.6 Å². The summed E-state index contributed by atoms with van der Waals surface area (Å²) in [6, 6.07) is 0. The number of nitrogen functional groups attached to an aromatic ring is 1. The van der Waals surface area contributed by atoms with Crippen molar-refractivity contribution in [2.75, 3.05) is 30.3 Å². The third-order valence-corrected chi connectivity index (χ3v) is 5.32. The van der Waals surface area contributed by atoms with Crippen LogP contribution in [-0.4, -0.2) is 72.8 Å². The lowest BCUT2D eigenvalue weighted by atomic mass is 10.00. The molecule has 2 saturated heterocycles. The van der Waals surface area contributed by atoms with Crippen LogP contribution in [0.15, 0.2) is 6.33 Å². The molecular formula is C16H24N6O4. The number of imidazole rings is 1. The highest BCUT2D eigenvalue weighted by atomic mass is 16.6. The minimum absolute atomic E-state index is 0.243. The molecule has 2 aliphatic rings. The maximum Gasteiger partial charge on any atom is 0.210 e. The number of aliphatic hydroxyl groups is 3. The van der Waals surface area contributed by atoms with Crippen molar-refractivity contribution in [3.8, 4) is 0 Å². The second kappa shape index (κ2) is 6.62. The van der Waals surface area contributed by atoms with E-state index in [9.17, 15) is 15.3 Å². The van der Waals surface area contributed by atoms with E-state index in [2.05, 4.69) is 26.8 Å². The van der Waals surface area contributed by atoms with Crippen molar-refractivity contribution in [2.45, 2.75) is 44.3 Å². The van der Waals surface area contributed by atoms with Crippen molar-refractivity contribution < 1.29 is 20.1 Å². The molecule has 2 aliphatic heterocycles. The Balaban J connectivity index is 1.81. The number of hydrogen-bond acceptors (Lipinski definition) is 9. The van der Waals surface area contributed by atoms with Gasteiger partial charge in [0.2, 0.25) is 5.95 Å². The van der Waals surface area contributed by atoms with Gasteiger partial charge < -0.3 is 30.7 Å². The van der Waals surface area contributed by atoms with Crippen molar-refractivity contribution in [1.82, 2.24) is 19.5 Å². The Bertz CT molecular complexity index is 790. The molecule has 2 aromatic rings. The fraction of sp³-hybridized carbons (Fsp3) is 0.688. The molecule has 5 N–H and O–H groups in total. The van der Waals surface area contributed by atoms with Gasteiger partial charge in [-0.25, -0.2) is 15.0 Å². The minimum Gasteiger partial charge on any atom is -0.394 e. The highest BCUT2D eigenvalue weighted by molar-refractivity contribution is 5.84. The number of aromatic nitrogens is 4. The zero-order valence-corrected chi connectivity index (χ0v) is 14.6.